The van der Waals surface area contributed by atoms with Crippen molar-refractivity contribution in [2.45, 2.75) is 19.9 Å². The van der Waals surface area contributed by atoms with Crippen LogP contribution in [0.5, 0.6) is 0 Å². The molecule has 4 heteroatoms. The topological polar surface area (TPSA) is 29.9 Å². The summed E-state index contributed by atoms with van der Waals surface area (Å²) in [4.78, 5) is 0. The molecule has 0 amide bonds. The summed E-state index contributed by atoms with van der Waals surface area (Å²) in [6.45, 7) is 3.86. The van der Waals surface area contributed by atoms with E-state index in [1.165, 1.54) is 6.07 Å². The zero-order valence-corrected chi connectivity index (χ0v) is 10.8. The molecule has 1 aromatic heterocycles. The highest BCUT2D eigenvalue weighted by molar-refractivity contribution is 5.61. The molecular formula is C14H18FN3. The molecule has 0 fully saturated rings. The third-order valence-corrected chi connectivity index (χ3v) is 2.88. The van der Waals surface area contributed by atoms with Gasteiger partial charge in [-0.05, 0) is 36.7 Å². The Morgan fingerprint density at radius 2 is 2.17 bits per heavy atom. The summed E-state index contributed by atoms with van der Waals surface area (Å²) >= 11 is 0. The van der Waals surface area contributed by atoms with E-state index in [1.54, 1.807) is 10.9 Å². The van der Waals surface area contributed by atoms with Crippen LogP contribution in [0.2, 0.25) is 0 Å². The van der Waals surface area contributed by atoms with Gasteiger partial charge in [0, 0.05) is 25.4 Å². The Labute approximate surface area is 107 Å². The number of benzene rings is 1. The number of nitrogens with one attached hydrogen (secondary N) is 1. The van der Waals surface area contributed by atoms with Crippen LogP contribution in [-0.4, -0.2) is 16.3 Å². The summed E-state index contributed by atoms with van der Waals surface area (Å²) in [5.41, 5.74) is 2.48. The number of aryl methyl sites for hydroxylation is 1. The van der Waals surface area contributed by atoms with E-state index in [0.29, 0.717) is 5.56 Å². The number of halogens is 1. The molecule has 0 bridgehead atoms. The van der Waals surface area contributed by atoms with E-state index in [-0.39, 0.29) is 5.82 Å². The first-order valence-electron chi connectivity index (χ1n) is 6.20. The van der Waals surface area contributed by atoms with E-state index in [1.807, 2.05) is 25.2 Å². The van der Waals surface area contributed by atoms with E-state index < -0.39 is 0 Å². The molecule has 0 atom stereocenters. The quantitative estimate of drug-likeness (QED) is 0.823. The largest absolute Gasteiger partial charge is 0.313 e. The molecular weight excluding hydrogens is 229 g/mol. The van der Waals surface area contributed by atoms with Gasteiger partial charge in [-0.15, -0.1) is 0 Å². The van der Waals surface area contributed by atoms with Gasteiger partial charge in [0.25, 0.3) is 0 Å². The molecule has 2 rings (SSSR count). The van der Waals surface area contributed by atoms with Crippen LogP contribution in [-0.2, 0) is 13.6 Å². The van der Waals surface area contributed by atoms with Gasteiger partial charge in [0.15, 0.2) is 0 Å². The number of rotatable bonds is 5. The molecule has 96 valence electrons. The predicted octanol–water partition coefficient (Wildman–Crippen LogP) is 2.73. The normalized spacial score (nSPS) is 10.8. The summed E-state index contributed by atoms with van der Waals surface area (Å²) < 4.78 is 15.5. The van der Waals surface area contributed by atoms with Gasteiger partial charge in [0.1, 0.15) is 5.82 Å². The van der Waals surface area contributed by atoms with Crippen molar-refractivity contribution in [2.24, 2.45) is 7.05 Å². The highest BCUT2D eigenvalue weighted by atomic mass is 19.1. The average Bonchev–Trinajstić information content (AvgIpc) is 2.78. The maximum atomic E-state index is 13.8. The van der Waals surface area contributed by atoms with Gasteiger partial charge < -0.3 is 5.32 Å². The molecule has 1 N–H and O–H groups in total. The van der Waals surface area contributed by atoms with Gasteiger partial charge in [-0.25, -0.2) is 4.39 Å². The molecule has 0 aliphatic rings. The van der Waals surface area contributed by atoms with E-state index >= 15 is 0 Å². The fraction of sp³-hybridized carbons (Fsp3) is 0.357. The second-order valence-electron chi connectivity index (χ2n) is 4.33. The summed E-state index contributed by atoms with van der Waals surface area (Å²) in [7, 11) is 1.82. The molecule has 2 aromatic rings. The van der Waals surface area contributed by atoms with Crippen LogP contribution in [0.25, 0.3) is 11.3 Å². The molecule has 1 aromatic carbocycles. The Bertz CT molecular complexity index is 520. The van der Waals surface area contributed by atoms with Crippen molar-refractivity contribution in [3.8, 4) is 11.3 Å². The van der Waals surface area contributed by atoms with Crippen LogP contribution in [0.4, 0.5) is 4.39 Å². The average molecular weight is 247 g/mol. The van der Waals surface area contributed by atoms with Crippen LogP contribution >= 0.6 is 0 Å². The van der Waals surface area contributed by atoms with Crippen LogP contribution in [0.3, 0.4) is 0 Å². The lowest BCUT2D eigenvalue weighted by molar-refractivity contribution is 0.624. The van der Waals surface area contributed by atoms with Gasteiger partial charge in [-0.2, -0.15) is 5.10 Å². The fourth-order valence-corrected chi connectivity index (χ4v) is 1.93. The molecule has 0 saturated heterocycles. The van der Waals surface area contributed by atoms with Gasteiger partial charge >= 0.3 is 0 Å². The van der Waals surface area contributed by atoms with Gasteiger partial charge in [-0.1, -0.05) is 13.0 Å². The first kappa shape index (κ1) is 12.8. The molecule has 0 aliphatic carbocycles. The zero-order chi connectivity index (χ0) is 13.0. The third-order valence-electron chi connectivity index (χ3n) is 2.88. The Morgan fingerprint density at radius 1 is 1.33 bits per heavy atom. The lowest BCUT2D eigenvalue weighted by atomic mass is 10.1. The number of hydrogen-bond donors (Lipinski definition) is 1. The first-order chi connectivity index (χ1) is 8.72. The van der Waals surface area contributed by atoms with Crippen LogP contribution < -0.4 is 5.32 Å². The van der Waals surface area contributed by atoms with Crippen LogP contribution in [0.1, 0.15) is 18.9 Å². The molecule has 3 nitrogen and oxygen atoms in total. The standard InChI is InChI=1S/C14H18FN3/c1-3-7-16-10-11-4-5-13(15)12(9-11)14-6-8-17-18(14)2/h4-6,8-9,16H,3,7,10H2,1-2H3. The lowest BCUT2D eigenvalue weighted by Crippen LogP contribution is -2.13. The third kappa shape index (κ3) is 2.76. The Balaban J connectivity index is 2.25. The van der Waals surface area contributed by atoms with Crippen molar-refractivity contribution >= 4 is 0 Å². The molecule has 0 radical (unpaired) electrons. The fourth-order valence-electron chi connectivity index (χ4n) is 1.93. The predicted molar refractivity (Wildman–Crippen MR) is 70.6 cm³/mol. The summed E-state index contributed by atoms with van der Waals surface area (Å²) in [5, 5.41) is 7.39. The summed E-state index contributed by atoms with van der Waals surface area (Å²) in [6, 6.07) is 7.04. The maximum Gasteiger partial charge on any atom is 0.132 e. The van der Waals surface area contributed by atoms with Crippen molar-refractivity contribution in [1.29, 1.82) is 0 Å². The van der Waals surface area contributed by atoms with Crippen molar-refractivity contribution in [3.05, 3.63) is 41.8 Å². The SMILES string of the molecule is CCCNCc1ccc(F)c(-c2ccnn2C)c1. The Kier molecular flexibility index (Phi) is 4.10. The van der Waals surface area contributed by atoms with E-state index in [0.717, 1.165) is 30.8 Å². The summed E-state index contributed by atoms with van der Waals surface area (Å²) in [5.74, 6) is -0.210. The Hall–Kier alpha value is -1.68. The van der Waals surface area contributed by atoms with Crippen molar-refractivity contribution in [3.63, 3.8) is 0 Å². The first-order valence-corrected chi connectivity index (χ1v) is 6.20. The molecule has 0 unspecified atom stereocenters. The molecule has 0 aliphatic heterocycles. The van der Waals surface area contributed by atoms with Crippen molar-refractivity contribution in [2.75, 3.05) is 6.54 Å². The summed E-state index contributed by atoms with van der Waals surface area (Å²) in [6.07, 6.45) is 2.77. The van der Waals surface area contributed by atoms with Crippen molar-refractivity contribution < 1.29 is 4.39 Å². The highest BCUT2D eigenvalue weighted by Crippen LogP contribution is 2.23. The van der Waals surface area contributed by atoms with Crippen LogP contribution in [0.15, 0.2) is 30.5 Å². The second kappa shape index (κ2) is 5.78. The molecule has 1 heterocycles. The smallest absolute Gasteiger partial charge is 0.132 e. The zero-order valence-electron chi connectivity index (χ0n) is 10.8. The van der Waals surface area contributed by atoms with Gasteiger partial charge in [-0.3, -0.25) is 4.68 Å². The Morgan fingerprint density at radius 3 is 2.83 bits per heavy atom. The number of aromatic nitrogens is 2. The minimum Gasteiger partial charge on any atom is -0.313 e. The minimum absolute atomic E-state index is 0.210. The van der Waals surface area contributed by atoms with Crippen molar-refractivity contribution in [1.82, 2.24) is 15.1 Å². The second-order valence-corrected chi connectivity index (χ2v) is 4.33. The van der Waals surface area contributed by atoms with Gasteiger partial charge in [0.05, 0.1) is 5.69 Å². The number of hydrogen-bond acceptors (Lipinski definition) is 2. The van der Waals surface area contributed by atoms with Gasteiger partial charge in [0.2, 0.25) is 0 Å². The molecule has 0 spiro atoms. The van der Waals surface area contributed by atoms with E-state index in [4.69, 9.17) is 0 Å². The lowest BCUT2D eigenvalue weighted by Gasteiger charge is -2.08. The highest BCUT2D eigenvalue weighted by Gasteiger charge is 2.09. The number of nitrogens with zero attached hydrogens (tertiary/aromatic N) is 2. The van der Waals surface area contributed by atoms with E-state index in [2.05, 4.69) is 17.3 Å². The monoisotopic (exact) mass is 247 g/mol. The minimum atomic E-state index is -0.210. The van der Waals surface area contributed by atoms with E-state index in [9.17, 15) is 4.39 Å². The van der Waals surface area contributed by atoms with Crippen LogP contribution in [0, 0.1) is 5.82 Å². The maximum absolute atomic E-state index is 13.8. The molecule has 18 heavy (non-hydrogen) atoms. The molecule has 0 saturated carbocycles.